The zero-order valence-corrected chi connectivity index (χ0v) is 21.6. The molecule has 0 aliphatic carbocycles. The van der Waals surface area contributed by atoms with Crippen LogP contribution in [0.4, 0.5) is 0 Å². The van der Waals surface area contributed by atoms with Crippen molar-refractivity contribution in [3.8, 4) is 22.9 Å². The Morgan fingerprint density at radius 2 is 1.97 bits per heavy atom. The number of aromatic nitrogens is 5. The Bertz CT molecular complexity index is 1590. The molecule has 190 valence electrons. The molecule has 0 radical (unpaired) electrons. The molecule has 1 atom stereocenters. The summed E-state index contributed by atoms with van der Waals surface area (Å²) in [5.41, 5.74) is 5.50. The Labute approximate surface area is 213 Å². The molecule has 10 nitrogen and oxygen atoms in total. The van der Waals surface area contributed by atoms with Gasteiger partial charge in [-0.25, -0.2) is 0 Å². The number of ether oxygens (including phenoxy) is 2. The Hall–Kier alpha value is -4.47. The molecule has 0 aliphatic rings. The molecule has 37 heavy (non-hydrogen) atoms. The lowest BCUT2D eigenvalue weighted by atomic mass is 10.0. The summed E-state index contributed by atoms with van der Waals surface area (Å²) in [4.78, 5) is 27.7. The van der Waals surface area contributed by atoms with Gasteiger partial charge in [0.25, 0.3) is 11.9 Å². The van der Waals surface area contributed by atoms with Crippen molar-refractivity contribution in [1.29, 1.82) is 0 Å². The van der Waals surface area contributed by atoms with Crippen molar-refractivity contribution in [3.05, 3.63) is 59.9 Å². The fourth-order valence-corrected chi connectivity index (χ4v) is 4.49. The van der Waals surface area contributed by atoms with Gasteiger partial charge < -0.3 is 18.9 Å². The van der Waals surface area contributed by atoms with E-state index in [1.165, 1.54) is 4.90 Å². The first kappa shape index (κ1) is 24.2. The maximum atomic E-state index is 12.3. The van der Waals surface area contributed by atoms with Gasteiger partial charge in [-0.2, -0.15) is 4.98 Å². The molecular weight excluding hydrogens is 472 g/mol. The number of carbonyl (C=O) groups excluding carboxylic acids is 1. The van der Waals surface area contributed by atoms with Gasteiger partial charge in [-0.15, -0.1) is 0 Å². The van der Waals surface area contributed by atoms with Gasteiger partial charge in [-0.05, 0) is 45.0 Å². The highest BCUT2D eigenvalue weighted by Crippen LogP contribution is 2.40. The van der Waals surface area contributed by atoms with Crippen molar-refractivity contribution in [3.63, 3.8) is 0 Å². The SMILES string of the molecule is COc1cc2c(cc1-c1c(C)noc1C)ncc1nc(OCC(=O)N(C)C)n([C@H](C)c3ccccn3)c12. The van der Waals surface area contributed by atoms with Crippen molar-refractivity contribution >= 4 is 27.8 Å². The zero-order chi connectivity index (χ0) is 26.3. The lowest BCUT2D eigenvalue weighted by Gasteiger charge is -2.19. The monoisotopic (exact) mass is 500 g/mol. The molecule has 0 saturated carbocycles. The van der Waals surface area contributed by atoms with Crippen molar-refractivity contribution in [2.24, 2.45) is 0 Å². The van der Waals surface area contributed by atoms with Crippen molar-refractivity contribution in [2.75, 3.05) is 27.8 Å². The summed E-state index contributed by atoms with van der Waals surface area (Å²) in [5, 5.41) is 4.93. The molecule has 0 spiro atoms. The second kappa shape index (κ2) is 9.53. The lowest BCUT2D eigenvalue weighted by molar-refractivity contribution is -0.131. The minimum atomic E-state index is -0.241. The van der Waals surface area contributed by atoms with Gasteiger partial charge >= 0.3 is 0 Å². The zero-order valence-electron chi connectivity index (χ0n) is 21.6. The van der Waals surface area contributed by atoms with E-state index in [1.807, 2.05) is 55.7 Å². The van der Waals surface area contributed by atoms with Gasteiger partial charge in [0.1, 0.15) is 17.0 Å². The number of aryl methyl sites for hydroxylation is 2. The average Bonchev–Trinajstić information content (AvgIpc) is 3.45. The molecule has 4 aromatic heterocycles. The first-order valence-electron chi connectivity index (χ1n) is 11.9. The van der Waals surface area contributed by atoms with Crippen molar-refractivity contribution < 1.29 is 18.8 Å². The number of carbonyl (C=O) groups is 1. The van der Waals surface area contributed by atoms with Gasteiger partial charge in [0.05, 0.1) is 47.3 Å². The standard InChI is InChI=1S/C27H28N6O4/c1-15-25(17(3)37-31-15)19-11-21-18(12-23(19)35-6)26-22(13-29-21)30-27(36-14-24(34)32(4)5)33(26)16(2)20-9-7-8-10-28-20/h7-13,16H,14H2,1-6H3/t16-/m1/s1. The Morgan fingerprint density at radius 3 is 2.62 bits per heavy atom. The quantitative estimate of drug-likeness (QED) is 0.325. The normalized spacial score (nSPS) is 12.2. The highest BCUT2D eigenvalue weighted by atomic mass is 16.5. The maximum Gasteiger partial charge on any atom is 0.298 e. The third-order valence-electron chi connectivity index (χ3n) is 6.43. The molecule has 0 bridgehead atoms. The van der Waals surface area contributed by atoms with Gasteiger partial charge in [0.2, 0.25) is 0 Å². The summed E-state index contributed by atoms with van der Waals surface area (Å²) in [6.45, 7) is 5.65. The Morgan fingerprint density at radius 1 is 1.16 bits per heavy atom. The summed E-state index contributed by atoms with van der Waals surface area (Å²) in [6.07, 6.45) is 3.46. The van der Waals surface area contributed by atoms with Crippen LogP contribution in [0.25, 0.3) is 33.1 Å². The van der Waals surface area contributed by atoms with E-state index in [1.54, 1.807) is 33.6 Å². The smallest absolute Gasteiger partial charge is 0.298 e. The predicted molar refractivity (Wildman–Crippen MR) is 139 cm³/mol. The van der Waals surface area contributed by atoms with Crippen LogP contribution in [0.3, 0.4) is 0 Å². The molecule has 1 aromatic carbocycles. The van der Waals surface area contributed by atoms with Crippen LogP contribution in [-0.2, 0) is 4.79 Å². The number of nitrogens with zero attached hydrogens (tertiary/aromatic N) is 6. The number of imidazole rings is 1. The van der Waals surface area contributed by atoms with E-state index in [-0.39, 0.29) is 18.6 Å². The van der Waals surface area contributed by atoms with Crippen LogP contribution in [-0.4, -0.2) is 63.3 Å². The summed E-state index contributed by atoms with van der Waals surface area (Å²) < 4.78 is 19.1. The minimum Gasteiger partial charge on any atom is -0.496 e. The van der Waals surface area contributed by atoms with Gasteiger partial charge in [0.15, 0.2) is 6.61 Å². The van der Waals surface area contributed by atoms with Crippen LogP contribution in [0, 0.1) is 13.8 Å². The van der Waals surface area contributed by atoms with E-state index in [4.69, 9.17) is 24.0 Å². The predicted octanol–water partition coefficient (Wildman–Crippen LogP) is 4.34. The van der Waals surface area contributed by atoms with Gasteiger partial charge in [-0.3, -0.25) is 19.3 Å². The number of pyridine rings is 2. The fraction of sp³-hybridized carbons (Fsp3) is 0.296. The van der Waals surface area contributed by atoms with E-state index < -0.39 is 0 Å². The minimum absolute atomic E-state index is 0.143. The van der Waals surface area contributed by atoms with Crippen LogP contribution in [0.15, 0.2) is 47.2 Å². The summed E-state index contributed by atoms with van der Waals surface area (Å²) in [7, 11) is 5.00. The molecule has 1 amide bonds. The van der Waals surface area contributed by atoms with Crippen LogP contribution in [0.1, 0.15) is 30.1 Å². The Kier molecular flexibility index (Phi) is 6.24. The first-order chi connectivity index (χ1) is 17.8. The maximum absolute atomic E-state index is 12.3. The van der Waals surface area contributed by atoms with E-state index in [0.29, 0.717) is 23.0 Å². The third kappa shape index (κ3) is 4.24. The highest BCUT2D eigenvalue weighted by molar-refractivity contribution is 6.05. The fourth-order valence-electron chi connectivity index (χ4n) is 4.49. The van der Waals surface area contributed by atoms with Crippen LogP contribution in [0.2, 0.25) is 0 Å². The van der Waals surface area contributed by atoms with E-state index >= 15 is 0 Å². The molecule has 0 aliphatic heterocycles. The topological polar surface area (TPSA) is 108 Å². The largest absolute Gasteiger partial charge is 0.496 e. The highest BCUT2D eigenvalue weighted by Gasteiger charge is 2.24. The molecule has 0 fully saturated rings. The molecule has 0 unspecified atom stereocenters. The molecule has 10 heteroatoms. The molecule has 5 rings (SSSR count). The number of fused-ring (bicyclic) bond motifs is 3. The number of rotatable bonds is 7. The second-order valence-corrected chi connectivity index (χ2v) is 9.03. The van der Waals surface area contributed by atoms with E-state index in [2.05, 4.69) is 10.1 Å². The van der Waals surface area contributed by atoms with Crippen molar-refractivity contribution in [1.82, 2.24) is 29.6 Å². The van der Waals surface area contributed by atoms with Crippen molar-refractivity contribution in [2.45, 2.75) is 26.8 Å². The number of hydrogen-bond acceptors (Lipinski definition) is 8. The number of likely N-dealkylation sites (N-methyl/N-ethyl adjacent to an activating group) is 1. The molecular formula is C27H28N6O4. The third-order valence-corrected chi connectivity index (χ3v) is 6.43. The average molecular weight is 501 g/mol. The molecule has 0 N–H and O–H groups in total. The Balaban J connectivity index is 1.76. The van der Waals surface area contributed by atoms with Crippen LogP contribution >= 0.6 is 0 Å². The summed E-state index contributed by atoms with van der Waals surface area (Å²) >= 11 is 0. The number of benzene rings is 1. The molecule has 5 aromatic rings. The molecule has 4 heterocycles. The van der Waals surface area contributed by atoms with E-state index in [9.17, 15) is 4.79 Å². The summed E-state index contributed by atoms with van der Waals surface area (Å²) in [5.74, 6) is 1.18. The number of hydrogen-bond donors (Lipinski definition) is 0. The summed E-state index contributed by atoms with van der Waals surface area (Å²) in [6, 6.07) is 9.75. The second-order valence-electron chi connectivity index (χ2n) is 9.03. The van der Waals surface area contributed by atoms with Crippen LogP contribution in [0.5, 0.6) is 11.8 Å². The van der Waals surface area contributed by atoms with E-state index in [0.717, 1.165) is 38.9 Å². The van der Waals surface area contributed by atoms with Crippen LogP contribution < -0.4 is 9.47 Å². The number of amides is 1. The molecule has 0 saturated heterocycles. The van der Waals surface area contributed by atoms with Gasteiger partial charge in [-0.1, -0.05) is 11.2 Å². The lowest BCUT2D eigenvalue weighted by Crippen LogP contribution is -2.28. The number of methoxy groups -OCH3 is 1. The van der Waals surface area contributed by atoms with Gasteiger partial charge in [0, 0.05) is 31.2 Å². The first-order valence-corrected chi connectivity index (χ1v) is 11.9.